The van der Waals surface area contributed by atoms with E-state index in [9.17, 15) is 0 Å². The molecule has 0 atom stereocenters. The summed E-state index contributed by atoms with van der Waals surface area (Å²) in [6.45, 7) is 2.13. The van der Waals surface area contributed by atoms with Gasteiger partial charge in [0.25, 0.3) is 0 Å². The van der Waals surface area contributed by atoms with E-state index < -0.39 is 0 Å². The molecule has 0 aliphatic carbocycles. The highest BCUT2D eigenvalue weighted by Crippen LogP contribution is 2.27. The highest BCUT2D eigenvalue weighted by atomic mass is 32.2. The molecule has 0 aliphatic heterocycles. The summed E-state index contributed by atoms with van der Waals surface area (Å²) in [7, 11) is 1.65. The quantitative estimate of drug-likeness (QED) is 0.741. The maximum absolute atomic E-state index is 5.23. The number of nitrogens with one attached hydrogen (secondary N) is 1. The van der Waals surface area contributed by atoms with Crippen LogP contribution in [0.4, 0.5) is 0 Å². The highest BCUT2D eigenvalue weighted by Gasteiger charge is 2.10. The number of aromatic nitrogens is 4. The molecule has 2 aromatic heterocycles. The molecule has 1 N–H and O–H groups in total. The molecule has 0 saturated heterocycles. The second kappa shape index (κ2) is 5.05. The molecular weight excluding hydrogens is 260 g/mol. The summed E-state index contributed by atoms with van der Waals surface area (Å²) in [6.07, 6.45) is 1.09. The molecule has 0 fully saturated rings. The third-order valence-electron chi connectivity index (χ3n) is 2.84. The largest absolute Gasteiger partial charge is 0.497 e. The van der Waals surface area contributed by atoms with E-state index in [-0.39, 0.29) is 0 Å². The minimum absolute atomic E-state index is 0.716. The van der Waals surface area contributed by atoms with Gasteiger partial charge in [-0.3, -0.25) is 0 Å². The summed E-state index contributed by atoms with van der Waals surface area (Å²) in [5.74, 6) is 1.81. The SMILES string of the molecule is CCCSc1nnc2c(n1)[nH]c1ccc(OC)cc12. The van der Waals surface area contributed by atoms with Crippen LogP contribution in [0, 0.1) is 0 Å². The first-order chi connectivity index (χ1) is 9.31. The number of rotatable bonds is 4. The van der Waals surface area contributed by atoms with Crippen molar-refractivity contribution < 1.29 is 4.74 Å². The van der Waals surface area contributed by atoms with E-state index >= 15 is 0 Å². The van der Waals surface area contributed by atoms with Gasteiger partial charge in [0, 0.05) is 16.7 Å². The van der Waals surface area contributed by atoms with Crippen LogP contribution in [0.1, 0.15) is 13.3 Å². The van der Waals surface area contributed by atoms with E-state index in [4.69, 9.17) is 4.74 Å². The molecule has 19 heavy (non-hydrogen) atoms. The number of methoxy groups -OCH3 is 1. The molecule has 5 nitrogen and oxygen atoms in total. The number of hydrogen-bond donors (Lipinski definition) is 1. The molecule has 98 valence electrons. The Labute approximate surface area is 114 Å². The molecule has 0 unspecified atom stereocenters. The zero-order valence-electron chi connectivity index (χ0n) is 10.8. The van der Waals surface area contributed by atoms with Crippen LogP contribution in [0.3, 0.4) is 0 Å². The number of ether oxygens (including phenoxy) is 1. The number of aromatic amines is 1. The summed E-state index contributed by atoms with van der Waals surface area (Å²) < 4.78 is 5.23. The lowest BCUT2D eigenvalue weighted by Crippen LogP contribution is -1.91. The van der Waals surface area contributed by atoms with Crippen LogP contribution < -0.4 is 4.74 Å². The Kier molecular flexibility index (Phi) is 3.25. The molecule has 0 bridgehead atoms. The predicted molar refractivity (Wildman–Crippen MR) is 76.8 cm³/mol. The summed E-state index contributed by atoms with van der Waals surface area (Å²) in [5, 5.41) is 10.1. The average molecular weight is 274 g/mol. The van der Waals surface area contributed by atoms with Crippen LogP contribution in [-0.4, -0.2) is 33.0 Å². The molecule has 3 rings (SSSR count). The first kappa shape index (κ1) is 12.2. The number of benzene rings is 1. The molecule has 0 saturated carbocycles. The third-order valence-corrected chi connectivity index (χ3v) is 3.88. The lowest BCUT2D eigenvalue weighted by atomic mass is 10.2. The van der Waals surface area contributed by atoms with E-state index in [0.717, 1.165) is 40.0 Å². The number of thioether (sulfide) groups is 1. The van der Waals surface area contributed by atoms with Gasteiger partial charge in [0.2, 0.25) is 5.16 Å². The van der Waals surface area contributed by atoms with Crippen LogP contribution in [0.2, 0.25) is 0 Å². The van der Waals surface area contributed by atoms with Crippen molar-refractivity contribution in [3.05, 3.63) is 18.2 Å². The summed E-state index contributed by atoms with van der Waals surface area (Å²) in [5.41, 5.74) is 2.56. The fourth-order valence-electron chi connectivity index (χ4n) is 1.92. The number of nitrogens with zero attached hydrogens (tertiary/aromatic N) is 3. The Balaban J connectivity index is 2.12. The zero-order valence-corrected chi connectivity index (χ0v) is 11.6. The van der Waals surface area contributed by atoms with Crippen molar-refractivity contribution in [2.75, 3.05) is 12.9 Å². The van der Waals surface area contributed by atoms with Crippen molar-refractivity contribution in [1.82, 2.24) is 20.2 Å². The minimum atomic E-state index is 0.716. The third kappa shape index (κ3) is 2.23. The van der Waals surface area contributed by atoms with Gasteiger partial charge in [0.15, 0.2) is 5.65 Å². The Morgan fingerprint density at radius 2 is 2.21 bits per heavy atom. The normalized spacial score (nSPS) is 11.3. The van der Waals surface area contributed by atoms with Gasteiger partial charge in [0.1, 0.15) is 11.3 Å². The molecule has 0 radical (unpaired) electrons. The van der Waals surface area contributed by atoms with E-state index in [2.05, 4.69) is 27.1 Å². The molecule has 0 spiro atoms. The highest BCUT2D eigenvalue weighted by molar-refractivity contribution is 7.99. The van der Waals surface area contributed by atoms with Crippen LogP contribution in [0.15, 0.2) is 23.4 Å². The lowest BCUT2D eigenvalue weighted by molar-refractivity contribution is 0.415. The van der Waals surface area contributed by atoms with E-state index in [1.165, 1.54) is 0 Å². The van der Waals surface area contributed by atoms with E-state index in [1.54, 1.807) is 18.9 Å². The van der Waals surface area contributed by atoms with Gasteiger partial charge in [-0.1, -0.05) is 18.7 Å². The van der Waals surface area contributed by atoms with Crippen LogP contribution in [-0.2, 0) is 0 Å². The summed E-state index contributed by atoms with van der Waals surface area (Å²) >= 11 is 1.62. The van der Waals surface area contributed by atoms with Crippen molar-refractivity contribution in [3.63, 3.8) is 0 Å². The second-order valence-corrected chi connectivity index (χ2v) is 5.24. The first-order valence-corrected chi connectivity index (χ1v) is 7.13. The van der Waals surface area contributed by atoms with Gasteiger partial charge in [-0.2, -0.15) is 0 Å². The van der Waals surface area contributed by atoms with Crippen molar-refractivity contribution in [2.24, 2.45) is 0 Å². The topological polar surface area (TPSA) is 63.7 Å². The van der Waals surface area contributed by atoms with Crippen molar-refractivity contribution in [2.45, 2.75) is 18.5 Å². The first-order valence-electron chi connectivity index (χ1n) is 6.14. The molecule has 0 amide bonds. The Morgan fingerprint density at radius 1 is 1.32 bits per heavy atom. The predicted octanol–water partition coefficient (Wildman–Crippen LogP) is 3.02. The monoisotopic (exact) mass is 274 g/mol. The van der Waals surface area contributed by atoms with Crippen molar-refractivity contribution >= 4 is 33.8 Å². The number of fused-ring (bicyclic) bond motifs is 3. The molecule has 0 aliphatic rings. The molecule has 6 heteroatoms. The van der Waals surface area contributed by atoms with Crippen LogP contribution >= 0.6 is 11.8 Å². The molecular formula is C13H14N4OS. The Bertz CT molecular complexity index is 725. The summed E-state index contributed by atoms with van der Waals surface area (Å²) in [6, 6.07) is 5.83. The Hall–Kier alpha value is -1.82. The smallest absolute Gasteiger partial charge is 0.211 e. The van der Waals surface area contributed by atoms with Gasteiger partial charge in [-0.15, -0.1) is 10.2 Å². The average Bonchev–Trinajstić information content (AvgIpc) is 2.81. The van der Waals surface area contributed by atoms with Crippen molar-refractivity contribution in [3.8, 4) is 5.75 Å². The maximum atomic E-state index is 5.23. The molecule has 1 aromatic carbocycles. The van der Waals surface area contributed by atoms with Gasteiger partial charge >= 0.3 is 0 Å². The van der Waals surface area contributed by atoms with Crippen molar-refractivity contribution in [1.29, 1.82) is 0 Å². The van der Waals surface area contributed by atoms with Gasteiger partial charge in [-0.05, 0) is 24.6 Å². The fourth-order valence-corrected chi connectivity index (χ4v) is 2.56. The fraction of sp³-hybridized carbons (Fsp3) is 0.308. The summed E-state index contributed by atoms with van der Waals surface area (Å²) in [4.78, 5) is 7.76. The minimum Gasteiger partial charge on any atom is -0.497 e. The second-order valence-electron chi connectivity index (χ2n) is 4.18. The number of H-pyrrole nitrogens is 1. The van der Waals surface area contributed by atoms with E-state index in [1.807, 2.05) is 18.2 Å². The number of hydrogen-bond acceptors (Lipinski definition) is 5. The van der Waals surface area contributed by atoms with Crippen LogP contribution in [0.25, 0.3) is 22.1 Å². The standard InChI is InChI=1S/C13H14N4OS/c1-3-6-19-13-15-12-11(16-17-13)9-7-8(18-2)4-5-10(9)14-12/h4-5,7H,3,6H2,1-2H3,(H,14,15,17). The molecule has 3 aromatic rings. The van der Waals surface area contributed by atoms with Gasteiger partial charge < -0.3 is 9.72 Å². The Morgan fingerprint density at radius 3 is 3.00 bits per heavy atom. The van der Waals surface area contributed by atoms with Gasteiger partial charge in [-0.25, -0.2) is 4.98 Å². The maximum Gasteiger partial charge on any atom is 0.211 e. The molecule has 2 heterocycles. The lowest BCUT2D eigenvalue weighted by Gasteiger charge is -1.98. The van der Waals surface area contributed by atoms with Crippen LogP contribution in [0.5, 0.6) is 5.75 Å². The zero-order chi connectivity index (χ0) is 13.2. The van der Waals surface area contributed by atoms with Gasteiger partial charge in [0.05, 0.1) is 7.11 Å². The van der Waals surface area contributed by atoms with E-state index in [0.29, 0.717) is 5.16 Å².